The zero-order chi connectivity index (χ0) is 21.8. The standard InChI is InChI=1S/C23H25IN4O2S/c1-17-7-8-19-20(13-17)26-16-28(21(19)29)15-23(30-24)9-11-27(12-10-23)22(31)25-14-18-5-3-2-4-6-18/h2-8,13,16H,9-12,14-15H2,1H3,(H,25,31). The van der Waals surface area contributed by atoms with Gasteiger partial charge in [0.1, 0.15) is 28.6 Å². The third-order valence-electron chi connectivity index (χ3n) is 5.85. The van der Waals surface area contributed by atoms with Crippen LogP contribution in [0.2, 0.25) is 0 Å². The van der Waals surface area contributed by atoms with E-state index in [0.29, 0.717) is 18.5 Å². The normalized spacial score (nSPS) is 15.7. The van der Waals surface area contributed by atoms with Gasteiger partial charge in [-0.3, -0.25) is 9.36 Å². The lowest BCUT2D eigenvalue weighted by Gasteiger charge is -2.41. The third kappa shape index (κ3) is 5.07. The molecule has 3 aromatic rings. The van der Waals surface area contributed by atoms with E-state index in [1.165, 1.54) is 5.56 Å². The van der Waals surface area contributed by atoms with Gasteiger partial charge in [0.05, 0.1) is 23.8 Å². The molecule has 0 saturated carbocycles. The number of fused-ring (bicyclic) bond motifs is 1. The van der Waals surface area contributed by atoms with Crippen molar-refractivity contribution in [3.63, 3.8) is 0 Å². The van der Waals surface area contributed by atoms with E-state index in [1.807, 2.05) is 66.3 Å². The van der Waals surface area contributed by atoms with Crippen molar-refractivity contribution in [3.05, 3.63) is 76.3 Å². The Balaban J connectivity index is 1.41. The summed E-state index contributed by atoms with van der Waals surface area (Å²) in [6.07, 6.45) is 3.20. The van der Waals surface area contributed by atoms with E-state index in [0.717, 1.165) is 42.1 Å². The summed E-state index contributed by atoms with van der Waals surface area (Å²) in [5.74, 6) is 0. The van der Waals surface area contributed by atoms with Crippen LogP contribution >= 0.6 is 35.2 Å². The number of aryl methyl sites for hydroxylation is 1. The number of hydrogen-bond donors (Lipinski definition) is 1. The molecule has 6 nitrogen and oxygen atoms in total. The van der Waals surface area contributed by atoms with Crippen molar-refractivity contribution in [1.82, 2.24) is 19.8 Å². The van der Waals surface area contributed by atoms with Crippen LogP contribution in [0.1, 0.15) is 24.0 Å². The van der Waals surface area contributed by atoms with Gasteiger partial charge in [0, 0.05) is 19.6 Å². The molecule has 1 aliphatic rings. The van der Waals surface area contributed by atoms with Crippen LogP contribution in [0.3, 0.4) is 0 Å². The molecule has 0 atom stereocenters. The smallest absolute Gasteiger partial charge is 0.261 e. The molecular formula is C23H25IN4O2S. The largest absolute Gasteiger partial charge is 0.358 e. The first-order chi connectivity index (χ1) is 15.0. The molecule has 1 fully saturated rings. The predicted molar refractivity (Wildman–Crippen MR) is 135 cm³/mol. The molecule has 4 rings (SSSR count). The Labute approximate surface area is 201 Å². The molecule has 1 aromatic heterocycles. The number of aromatic nitrogens is 2. The fraction of sp³-hybridized carbons (Fsp3) is 0.348. The van der Waals surface area contributed by atoms with E-state index in [2.05, 4.69) is 27.3 Å². The first kappa shape index (κ1) is 22.2. The molecule has 8 heteroatoms. The Hall–Kier alpha value is -2.04. The summed E-state index contributed by atoms with van der Waals surface area (Å²) in [5.41, 5.74) is 2.57. The Morgan fingerprint density at radius 2 is 1.97 bits per heavy atom. The quantitative estimate of drug-likeness (QED) is 0.385. The monoisotopic (exact) mass is 548 g/mol. The molecule has 31 heavy (non-hydrogen) atoms. The molecular weight excluding hydrogens is 523 g/mol. The maximum absolute atomic E-state index is 13.0. The molecule has 0 radical (unpaired) electrons. The summed E-state index contributed by atoms with van der Waals surface area (Å²) in [6.45, 7) is 4.74. The van der Waals surface area contributed by atoms with Gasteiger partial charge in [-0.25, -0.2) is 4.98 Å². The zero-order valence-electron chi connectivity index (χ0n) is 17.4. The lowest BCUT2D eigenvalue weighted by atomic mass is 9.91. The van der Waals surface area contributed by atoms with Crippen molar-refractivity contribution >= 4 is 51.2 Å². The number of piperidine rings is 1. The minimum absolute atomic E-state index is 0.0275. The van der Waals surface area contributed by atoms with E-state index in [-0.39, 0.29) is 5.56 Å². The van der Waals surface area contributed by atoms with Crippen LogP contribution in [0, 0.1) is 6.92 Å². The molecule has 0 amide bonds. The first-order valence-corrected chi connectivity index (χ1v) is 11.6. The molecule has 162 valence electrons. The molecule has 0 aliphatic carbocycles. The van der Waals surface area contributed by atoms with Gasteiger partial charge < -0.3 is 13.3 Å². The van der Waals surface area contributed by atoms with E-state index < -0.39 is 5.60 Å². The summed E-state index contributed by atoms with van der Waals surface area (Å²) >= 11 is 7.57. The van der Waals surface area contributed by atoms with Crippen molar-refractivity contribution in [1.29, 1.82) is 0 Å². The summed E-state index contributed by atoms with van der Waals surface area (Å²) in [6, 6.07) is 16.0. The van der Waals surface area contributed by atoms with E-state index in [4.69, 9.17) is 15.3 Å². The molecule has 2 aromatic carbocycles. The lowest BCUT2D eigenvalue weighted by molar-refractivity contribution is 0.0397. The van der Waals surface area contributed by atoms with Gasteiger partial charge >= 0.3 is 0 Å². The number of halogens is 1. The molecule has 1 N–H and O–H groups in total. The van der Waals surface area contributed by atoms with Crippen molar-refractivity contribution in [2.24, 2.45) is 0 Å². The number of nitrogens with one attached hydrogen (secondary N) is 1. The zero-order valence-corrected chi connectivity index (χ0v) is 20.4. The van der Waals surface area contributed by atoms with Crippen molar-refractivity contribution in [3.8, 4) is 0 Å². The molecule has 0 bridgehead atoms. The van der Waals surface area contributed by atoms with Crippen molar-refractivity contribution in [2.45, 2.75) is 38.5 Å². The highest BCUT2D eigenvalue weighted by molar-refractivity contribution is 14.1. The number of hydrogen-bond acceptors (Lipinski definition) is 4. The Morgan fingerprint density at radius 3 is 2.68 bits per heavy atom. The predicted octanol–water partition coefficient (Wildman–Crippen LogP) is 3.98. The summed E-state index contributed by atoms with van der Waals surface area (Å²) < 4.78 is 7.60. The van der Waals surface area contributed by atoms with Crippen LogP contribution < -0.4 is 10.9 Å². The Kier molecular flexibility index (Phi) is 6.88. The van der Waals surface area contributed by atoms with Gasteiger partial charge in [-0.2, -0.15) is 0 Å². The van der Waals surface area contributed by atoms with Crippen LogP contribution in [-0.4, -0.2) is 38.3 Å². The summed E-state index contributed by atoms with van der Waals surface area (Å²) in [7, 11) is 0. The van der Waals surface area contributed by atoms with Crippen LogP contribution in [0.25, 0.3) is 10.9 Å². The molecule has 0 spiro atoms. The van der Waals surface area contributed by atoms with Gasteiger partial charge in [0.25, 0.3) is 5.56 Å². The van der Waals surface area contributed by atoms with Gasteiger partial charge in [0.2, 0.25) is 0 Å². The number of rotatable bonds is 5. The minimum Gasteiger partial charge on any atom is -0.358 e. The maximum Gasteiger partial charge on any atom is 0.261 e. The molecule has 2 heterocycles. The highest BCUT2D eigenvalue weighted by Gasteiger charge is 2.37. The van der Waals surface area contributed by atoms with Crippen LogP contribution in [-0.2, 0) is 16.2 Å². The third-order valence-corrected chi connectivity index (χ3v) is 7.19. The average Bonchev–Trinajstić information content (AvgIpc) is 2.80. The van der Waals surface area contributed by atoms with Crippen LogP contribution in [0.5, 0.6) is 0 Å². The van der Waals surface area contributed by atoms with Gasteiger partial charge in [-0.05, 0) is 55.2 Å². The van der Waals surface area contributed by atoms with E-state index >= 15 is 0 Å². The first-order valence-electron chi connectivity index (χ1n) is 10.3. The summed E-state index contributed by atoms with van der Waals surface area (Å²) in [4.78, 5) is 19.7. The van der Waals surface area contributed by atoms with E-state index in [1.54, 1.807) is 10.9 Å². The Morgan fingerprint density at radius 1 is 1.23 bits per heavy atom. The average molecular weight is 548 g/mol. The number of thiocarbonyl (C=S) groups is 1. The van der Waals surface area contributed by atoms with Crippen molar-refractivity contribution < 1.29 is 3.07 Å². The van der Waals surface area contributed by atoms with Crippen molar-refractivity contribution in [2.75, 3.05) is 13.1 Å². The second kappa shape index (κ2) is 9.62. The number of benzene rings is 2. The molecule has 0 unspecified atom stereocenters. The highest BCUT2D eigenvalue weighted by Crippen LogP contribution is 2.30. The fourth-order valence-electron chi connectivity index (χ4n) is 3.95. The number of likely N-dealkylation sites (tertiary alicyclic amines) is 1. The second-order valence-corrected chi connectivity index (χ2v) is 8.92. The minimum atomic E-state index is -0.421. The van der Waals surface area contributed by atoms with E-state index in [9.17, 15) is 4.79 Å². The Bertz CT molecular complexity index is 1130. The summed E-state index contributed by atoms with van der Waals surface area (Å²) in [5, 5.41) is 4.74. The highest BCUT2D eigenvalue weighted by atomic mass is 127. The van der Waals surface area contributed by atoms with Crippen LogP contribution in [0.15, 0.2) is 59.7 Å². The molecule has 1 aliphatic heterocycles. The SMILES string of the molecule is Cc1ccc2c(=O)n(CC3(OI)CCN(C(=S)NCc4ccccc4)CC3)cnc2c1. The fourth-order valence-corrected chi connectivity index (χ4v) is 4.79. The molecule has 1 saturated heterocycles. The van der Waals surface area contributed by atoms with Gasteiger partial charge in [-0.1, -0.05) is 36.4 Å². The topological polar surface area (TPSA) is 59.4 Å². The van der Waals surface area contributed by atoms with Gasteiger partial charge in [-0.15, -0.1) is 0 Å². The maximum atomic E-state index is 13.0. The number of nitrogens with zero attached hydrogens (tertiary/aromatic N) is 3. The van der Waals surface area contributed by atoms with Crippen LogP contribution in [0.4, 0.5) is 0 Å². The lowest BCUT2D eigenvalue weighted by Crippen LogP contribution is -2.52. The van der Waals surface area contributed by atoms with Gasteiger partial charge in [0.15, 0.2) is 5.11 Å². The second-order valence-electron chi connectivity index (χ2n) is 8.09.